The van der Waals surface area contributed by atoms with Gasteiger partial charge in [-0.2, -0.15) is 0 Å². The van der Waals surface area contributed by atoms with Crippen LogP contribution in [0.3, 0.4) is 0 Å². The number of ether oxygens (including phenoxy) is 1. The first kappa shape index (κ1) is 14.4. The molecule has 0 radical (unpaired) electrons. The van der Waals surface area contributed by atoms with Crippen LogP contribution in [-0.4, -0.2) is 43.5 Å². The fraction of sp³-hybridized carbons (Fsp3) is 0.417. The van der Waals surface area contributed by atoms with Gasteiger partial charge in [0, 0.05) is 34.9 Å². The van der Waals surface area contributed by atoms with Gasteiger partial charge < -0.3 is 10.5 Å². The Bertz CT molecular complexity index is 614. The van der Waals surface area contributed by atoms with E-state index in [4.69, 9.17) is 10.5 Å². The summed E-state index contributed by atoms with van der Waals surface area (Å²) in [7, 11) is 0.765. The van der Waals surface area contributed by atoms with E-state index in [1.54, 1.807) is 30.2 Å². The molecule has 0 aliphatic carbocycles. The summed E-state index contributed by atoms with van der Waals surface area (Å²) in [6.07, 6.45) is 2.44. The highest BCUT2D eigenvalue weighted by molar-refractivity contribution is 7.84. The molecule has 1 aromatic carbocycles. The molecule has 0 amide bonds. The van der Waals surface area contributed by atoms with Crippen molar-refractivity contribution in [3.05, 3.63) is 18.2 Å². The zero-order valence-electron chi connectivity index (χ0n) is 11.4. The summed E-state index contributed by atoms with van der Waals surface area (Å²) >= 11 is 0. The Morgan fingerprint density at radius 2 is 2.25 bits per heavy atom. The molecule has 8 heteroatoms. The number of nitrogens with zero attached hydrogens (tertiary/aromatic N) is 4. The van der Waals surface area contributed by atoms with Crippen LogP contribution in [0.4, 0.5) is 5.69 Å². The predicted molar refractivity (Wildman–Crippen MR) is 77.8 cm³/mol. The molecule has 2 N–H and O–H groups in total. The second-order valence-corrected chi connectivity index (χ2v) is 5.87. The number of nitrogen functional groups attached to an aromatic ring is 1. The molecule has 0 aliphatic heterocycles. The molecule has 2 aromatic rings. The number of nitrogens with two attached hydrogens (primary N) is 1. The minimum absolute atomic E-state index is 0.536. The third kappa shape index (κ3) is 3.32. The molecule has 1 heterocycles. The molecule has 0 aliphatic rings. The average molecular weight is 295 g/mol. The zero-order chi connectivity index (χ0) is 14.5. The minimum Gasteiger partial charge on any atom is -0.495 e. The molecule has 20 heavy (non-hydrogen) atoms. The van der Waals surface area contributed by atoms with Gasteiger partial charge >= 0.3 is 0 Å². The van der Waals surface area contributed by atoms with Gasteiger partial charge in [0.05, 0.1) is 12.8 Å². The van der Waals surface area contributed by atoms with Crippen molar-refractivity contribution in [1.29, 1.82) is 0 Å². The summed E-state index contributed by atoms with van der Waals surface area (Å²) in [6, 6.07) is 5.42. The third-order valence-electron chi connectivity index (χ3n) is 2.82. The van der Waals surface area contributed by atoms with E-state index < -0.39 is 10.8 Å². The van der Waals surface area contributed by atoms with Crippen LogP contribution in [0.25, 0.3) is 11.4 Å². The van der Waals surface area contributed by atoms with E-state index in [0.717, 1.165) is 12.0 Å². The monoisotopic (exact) mass is 295 g/mol. The van der Waals surface area contributed by atoms with Crippen LogP contribution < -0.4 is 10.5 Å². The summed E-state index contributed by atoms with van der Waals surface area (Å²) < 4.78 is 17.9. The molecule has 0 bridgehead atoms. The highest BCUT2D eigenvalue weighted by Gasteiger charge is 2.10. The van der Waals surface area contributed by atoms with Gasteiger partial charge in [0.15, 0.2) is 5.82 Å². The van der Waals surface area contributed by atoms with Gasteiger partial charge in [0.25, 0.3) is 0 Å². The largest absolute Gasteiger partial charge is 0.495 e. The van der Waals surface area contributed by atoms with Crippen molar-refractivity contribution in [2.75, 3.05) is 24.9 Å². The van der Waals surface area contributed by atoms with Gasteiger partial charge in [-0.15, -0.1) is 5.10 Å². The van der Waals surface area contributed by atoms with Crippen molar-refractivity contribution in [1.82, 2.24) is 20.2 Å². The van der Waals surface area contributed by atoms with Gasteiger partial charge in [0.1, 0.15) is 5.75 Å². The van der Waals surface area contributed by atoms with Crippen molar-refractivity contribution in [2.45, 2.75) is 13.0 Å². The van der Waals surface area contributed by atoms with E-state index in [1.807, 2.05) is 6.07 Å². The summed E-state index contributed by atoms with van der Waals surface area (Å²) in [4.78, 5) is 0. The molecule has 2 rings (SSSR count). The molecule has 1 atom stereocenters. The summed E-state index contributed by atoms with van der Waals surface area (Å²) in [5.74, 6) is 1.89. The Labute approximate surface area is 119 Å². The third-order valence-corrected chi connectivity index (χ3v) is 3.69. The normalized spacial score (nSPS) is 12.3. The summed E-state index contributed by atoms with van der Waals surface area (Å²) in [5.41, 5.74) is 7.25. The highest BCUT2D eigenvalue weighted by Crippen LogP contribution is 2.26. The second-order valence-electron chi connectivity index (χ2n) is 4.31. The van der Waals surface area contributed by atoms with E-state index in [0.29, 0.717) is 29.6 Å². The predicted octanol–water partition coefficient (Wildman–Crippen LogP) is 0.699. The number of benzene rings is 1. The number of hydrogen-bond donors (Lipinski definition) is 1. The number of methoxy groups -OCH3 is 1. The summed E-state index contributed by atoms with van der Waals surface area (Å²) in [5, 5.41) is 11.6. The number of rotatable bonds is 6. The minimum atomic E-state index is -0.805. The maximum atomic E-state index is 11.1. The van der Waals surface area contributed by atoms with Crippen LogP contribution >= 0.6 is 0 Å². The van der Waals surface area contributed by atoms with Crippen LogP contribution in [-0.2, 0) is 17.3 Å². The number of hydrogen-bond acceptors (Lipinski definition) is 6. The molecule has 1 aromatic heterocycles. The topological polar surface area (TPSA) is 95.9 Å². The van der Waals surface area contributed by atoms with Gasteiger partial charge in [0.2, 0.25) is 0 Å². The fourth-order valence-electron chi connectivity index (χ4n) is 1.85. The molecule has 7 nitrogen and oxygen atoms in total. The van der Waals surface area contributed by atoms with Crippen LogP contribution in [0.1, 0.15) is 6.42 Å². The maximum absolute atomic E-state index is 11.1. The molecule has 0 saturated heterocycles. The smallest absolute Gasteiger partial charge is 0.182 e. The van der Waals surface area contributed by atoms with Crippen LogP contribution in [0.15, 0.2) is 18.2 Å². The Balaban J connectivity index is 2.19. The van der Waals surface area contributed by atoms with E-state index in [2.05, 4.69) is 15.5 Å². The Morgan fingerprint density at radius 3 is 2.90 bits per heavy atom. The number of aryl methyl sites for hydroxylation is 1. The lowest BCUT2D eigenvalue weighted by Gasteiger charge is -2.07. The maximum Gasteiger partial charge on any atom is 0.182 e. The fourth-order valence-corrected chi connectivity index (χ4v) is 2.39. The molecule has 0 saturated carbocycles. The van der Waals surface area contributed by atoms with Crippen molar-refractivity contribution >= 4 is 16.5 Å². The first-order valence-electron chi connectivity index (χ1n) is 6.12. The first-order valence-corrected chi connectivity index (χ1v) is 7.84. The van der Waals surface area contributed by atoms with E-state index >= 15 is 0 Å². The molecular formula is C12H17N5O2S. The van der Waals surface area contributed by atoms with Crippen molar-refractivity contribution in [2.24, 2.45) is 0 Å². The van der Waals surface area contributed by atoms with Crippen LogP contribution in [0.5, 0.6) is 5.75 Å². The Hall–Kier alpha value is -1.96. The number of tetrazole rings is 1. The van der Waals surface area contributed by atoms with E-state index in [1.165, 1.54) is 0 Å². The molecule has 108 valence electrons. The Morgan fingerprint density at radius 1 is 1.45 bits per heavy atom. The molecular weight excluding hydrogens is 278 g/mol. The first-order chi connectivity index (χ1) is 9.61. The standard InChI is InChI=1S/C12H17N5O2S/c1-19-11-5-4-9(8-10(11)13)12-14-15-16-17(12)6-3-7-20(2)18/h4-5,8H,3,6-7,13H2,1-2H3. The highest BCUT2D eigenvalue weighted by atomic mass is 32.2. The van der Waals surface area contributed by atoms with Crippen molar-refractivity contribution in [3.63, 3.8) is 0 Å². The number of aromatic nitrogens is 4. The van der Waals surface area contributed by atoms with Crippen LogP contribution in [0, 0.1) is 0 Å². The lowest BCUT2D eigenvalue weighted by Crippen LogP contribution is -2.06. The van der Waals surface area contributed by atoms with Gasteiger partial charge in [-0.05, 0) is 35.0 Å². The quantitative estimate of drug-likeness (QED) is 0.788. The average Bonchev–Trinajstić information content (AvgIpc) is 2.86. The van der Waals surface area contributed by atoms with Crippen LogP contribution in [0.2, 0.25) is 0 Å². The van der Waals surface area contributed by atoms with Crippen molar-refractivity contribution < 1.29 is 8.95 Å². The lowest BCUT2D eigenvalue weighted by atomic mass is 10.2. The molecule has 0 fully saturated rings. The molecule has 0 spiro atoms. The van der Waals surface area contributed by atoms with E-state index in [-0.39, 0.29) is 0 Å². The van der Waals surface area contributed by atoms with Gasteiger partial charge in [-0.1, -0.05) is 0 Å². The van der Waals surface area contributed by atoms with Gasteiger partial charge in [-0.3, -0.25) is 4.21 Å². The van der Waals surface area contributed by atoms with Gasteiger partial charge in [-0.25, -0.2) is 4.68 Å². The molecule has 1 unspecified atom stereocenters. The lowest BCUT2D eigenvalue weighted by molar-refractivity contribution is 0.417. The zero-order valence-corrected chi connectivity index (χ0v) is 12.3. The van der Waals surface area contributed by atoms with Crippen molar-refractivity contribution in [3.8, 4) is 17.1 Å². The number of anilines is 1. The Kier molecular flexibility index (Phi) is 4.67. The van der Waals surface area contributed by atoms with E-state index in [9.17, 15) is 4.21 Å². The summed E-state index contributed by atoms with van der Waals surface area (Å²) in [6.45, 7) is 0.619. The SMILES string of the molecule is COc1ccc(-c2nnnn2CCCS(C)=O)cc1N. The second kappa shape index (κ2) is 6.47.